The average Bonchev–Trinajstić information content (AvgIpc) is 2.37. The van der Waals surface area contributed by atoms with Gasteiger partial charge in [0.1, 0.15) is 12.7 Å². The van der Waals surface area contributed by atoms with Crippen LogP contribution in [-0.2, 0) is 0 Å². The van der Waals surface area contributed by atoms with Gasteiger partial charge in [-0.15, -0.1) is 0 Å². The van der Waals surface area contributed by atoms with Crippen LogP contribution in [0.25, 0.3) is 0 Å². The van der Waals surface area contributed by atoms with E-state index in [-0.39, 0.29) is 12.4 Å². The first-order valence-electron chi connectivity index (χ1n) is 6.93. The van der Waals surface area contributed by atoms with Gasteiger partial charge < -0.3 is 20.3 Å². The predicted molar refractivity (Wildman–Crippen MR) is 76.2 cm³/mol. The minimum atomic E-state index is -0.749. The first-order chi connectivity index (χ1) is 9.49. The highest BCUT2D eigenvalue weighted by atomic mass is 19.1. The summed E-state index contributed by atoms with van der Waals surface area (Å²) in [5.74, 6) is 0.118. The van der Waals surface area contributed by atoms with Gasteiger partial charge >= 0.3 is 0 Å². The summed E-state index contributed by atoms with van der Waals surface area (Å²) < 4.78 is 18.5. The van der Waals surface area contributed by atoms with Gasteiger partial charge in [-0.25, -0.2) is 4.39 Å². The van der Waals surface area contributed by atoms with Crippen LogP contribution in [0.2, 0.25) is 0 Å². The SMILES string of the molecule is CC(C)CC(O)CNCC(O)COc1ccccc1F. The van der Waals surface area contributed by atoms with Crippen molar-refractivity contribution in [2.75, 3.05) is 19.7 Å². The van der Waals surface area contributed by atoms with Gasteiger partial charge in [-0.3, -0.25) is 0 Å². The molecule has 0 amide bonds. The summed E-state index contributed by atoms with van der Waals surface area (Å²) in [5, 5.41) is 22.3. The number of ether oxygens (including phenoxy) is 1. The maximum Gasteiger partial charge on any atom is 0.165 e. The second kappa shape index (κ2) is 8.89. The van der Waals surface area contributed by atoms with Gasteiger partial charge in [0, 0.05) is 13.1 Å². The molecule has 0 spiro atoms. The summed E-state index contributed by atoms with van der Waals surface area (Å²) >= 11 is 0. The van der Waals surface area contributed by atoms with Crippen LogP contribution in [0.5, 0.6) is 5.75 Å². The quantitative estimate of drug-likeness (QED) is 0.644. The normalized spacial score (nSPS) is 14.3. The summed E-state index contributed by atoms with van der Waals surface area (Å²) in [6.45, 7) is 4.81. The van der Waals surface area contributed by atoms with Gasteiger partial charge in [0.15, 0.2) is 11.6 Å². The van der Waals surface area contributed by atoms with Crippen molar-refractivity contribution in [1.29, 1.82) is 0 Å². The van der Waals surface area contributed by atoms with E-state index in [9.17, 15) is 14.6 Å². The lowest BCUT2D eigenvalue weighted by Crippen LogP contribution is -2.36. The largest absolute Gasteiger partial charge is 0.488 e. The molecule has 0 aliphatic rings. The topological polar surface area (TPSA) is 61.7 Å². The first kappa shape index (κ1) is 16.9. The zero-order chi connectivity index (χ0) is 15.0. The number of aliphatic hydroxyl groups is 2. The molecular formula is C15H24FNO3. The molecule has 0 heterocycles. The molecule has 20 heavy (non-hydrogen) atoms. The molecule has 3 N–H and O–H groups in total. The lowest BCUT2D eigenvalue weighted by molar-refractivity contribution is 0.0949. The predicted octanol–water partition coefficient (Wildman–Crippen LogP) is 1.56. The number of aliphatic hydroxyl groups excluding tert-OH is 2. The van der Waals surface area contributed by atoms with Gasteiger partial charge in [0.2, 0.25) is 0 Å². The molecule has 2 atom stereocenters. The van der Waals surface area contributed by atoms with Crippen molar-refractivity contribution in [2.24, 2.45) is 5.92 Å². The lowest BCUT2D eigenvalue weighted by atomic mass is 10.1. The molecule has 0 radical (unpaired) electrons. The Morgan fingerprint density at radius 2 is 1.80 bits per heavy atom. The maximum atomic E-state index is 13.3. The molecule has 0 fully saturated rings. The fourth-order valence-corrected chi connectivity index (χ4v) is 1.85. The van der Waals surface area contributed by atoms with Crippen LogP contribution in [0.15, 0.2) is 24.3 Å². The maximum absolute atomic E-state index is 13.3. The molecule has 0 bridgehead atoms. The minimum Gasteiger partial charge on any atom is -0.488 e. The summed E-state index contributed by atoms with van der Waals surface area (Å²) in [7, 11) is 0. The van der Waals surface area contributed by atoms with Gasteiger partial charge in [0.05, 0.1) is 6.10 Å². The molecule has 1 aromatic carbocycles. The first-order valence-corrected chi connectivity index (χ1v) is 6.93. The van der Waals surface area contributed by atoms with Crippen LogP contribution in [0.1, 0.15) is 20.3 Å². The molecule has 4 nitrogen and oxygen atoms in total. The van der Waals surface area contributed by atoms with Crippen LogP contribution in [0.3, 0.4) is 0 Å². The molecular weight excluding hydrogens is 261 g/mol. The Morgan fingerprint density at radius 1 is 1.15 bits per heavy atom. The molecule has 0 aliphatic carbocycles. The number of hydrogen-bond donors (Lipinski definition) is 3. The van der Waals surface area contributed by atoms with E-state index in [4.69, 9.17) is 4.74 Å². The van der Waals surface area contributed by atoms with Gasteiger partial charge in [-0.2, -0.15) is 0 Å². The van der Waals surface area contributed by atoms with Gasteiger partial charge in [-0.1, -0.05) is 26.0 Å². The van der Waals surface area contributed by atoms with Crippen molar-refractivity contribution < 1.29 is 19.3 Å². The monoisotopic (exact) mass is 285 g/mol. The number of para-hydroxylation sites is 1. The van der Waals surface area contributed by atoms with Crippen molar-refractivity contribution in [2.45, 2.75) is 32.5 Å². The fraction of sp³-hybridized carbons (Fsp3) is 0.600. The van der Waals surface area contributed by atoms with Crippen LogP contribution >= 0.6 is 0 Å². The molecule has 114 valence electrons. The van der Waals surface area contributed by atoms with Crippen LogP contribution in [0.4, 0.5) is 4.39 Å². The second-order valence-electron chi connectivity index (χ2n) is 5.34. The Balaban J connectivity index is 2.18. The molecule has 5 heteroatoms. The molecule has 0 saturated carbocycles. The third kappa shape index (κ3) is 6.84. The van der Waals surface area contributed by atoms with E-state index in [1.807, 2.05) is 13.8 Å². The molecule has 2 unspecified atom stereocenters. The number of rotatable bonds is 9. The third-order valence-electron chi connectivity index (χ3n) is 2.77. The Labute approximate surface area is 119 Å². The number of benzene rings is 1. The van der Waals surface area contributed by atoms with E-state index >= 15 is 0 Å². The smallest absolute Gasteiger partial charge is 0.165 e. The minimum absolute atomic E-state index is 0.00814. The number of hydrogen-bond acceptors (Lipinski definition) is 4. The molecule has 1 rings (SSSR count). The van der Waals surface area contributed by atoms with E-state index < -0.39 is 18.0 Å². The van der Waals surface area contributed by atoms with Gasteiger partial charge in [0.25, 0.3) is 0 Å². The number of halogens is 1. The molecule has 0 saturated heterocycles. The van der Waals surface area contributed by atoms with Crippen molar-refractivity contribution >= 4 is 0 Å². The van der Waals surface area contributed by atoms with Crippen molar-refractivity contribution in [3.05, 3.63) is 30.1 Å². The Bertz CT molecular complexity index is 387. The Morgan fingerprint density at radius 3 is 2.45 bits per heavy atom. The summed E-state index contributed by atoms with van der Waals surface area (Å²) in [5.41, 5.74) is 0. The fourth-order valence-electron chi connectivity index (χ4n) is 1.85. The standard InChI is InChI=1S/C15H24FNO3/c1-11(2)7-12(18)8-17-9-13(19)10-20-15-6-4-3-5-14(15)16/h3-6,11-13,17-19H,7-10H2,1-2H3. The summed E-state index contributed by atoms with van der Waals surface area (Å²) in [4.78, 5) is 0. The van der Waals surface area contributed by atoms with Crippen LogP contribution in [-0.4, -0.2) is 42.1 Å². The van der Waals surface area contributed by atoms with E-state index in [0.29, 0.717) is 19.0 Å². The van der Waals surface area contributed by atoms with Crippen LogP contribution in [0, 0.1) is 11.7 Å². The van der Waals surface area contributed by atoms with Crippen molar-refractivity contribution in [3.63, 3.8) is 0 Å². The van der Waals surface area contributed by atoms with E-state index in [1.165, 1.54) is 12.1 Å². The highest BCUT2D eigenvalue weighted by Crippen LogP contribution is 2.15. The highest BCUT2D eigenvalue weighted by molar-refractivity contribution is 5.23. The summed E-state index contributed by atoms with van der Waals surface area (Å²) in [6.07, 6.45) is -0.454. The highest BCUT2D eigenvalue weighted by Gasteiger charge is 2.10. The van der Waals surface area contributed by atoms with Crippen molar-refractivity contribution in [3.8, 4) is 5.75 Å². The molecule has 0 aromatic heterocycles. The van der Waals surface area contributed by atoms with E-state index in [2.05, 4.69) is 5.32 Å². The Hall–Kier alpha value is -1.17. The van der Waals surface area contributed by atoms with Gasteiger partial charge in [-0.05, 0) is 24.5 Å². The van der Waals surface area contributed by atoms with E-state index in [1.54, 1.807) is 12.1 Å². The zero-order valence-corrected chi connectivity index (χ0v) is 12.1. The van der Waals surface area contributed by atoms with Crippen molar-refractivity contribution in [1.82, 2.24) is 5.32 Å². The molecule has 0 aliphatic heterocycles. The number of nitrogens with one attached hydrogen (secondary N) is 1. The second-order valence-corrected chi connectivity index (χ2v) is 5.34. The third-order valence-corrected chi connectivity index (χ3v) is 2.77. The summed E-state index contributed by atoms with van der Waals surface area (Å²) in [6, 6.07) is 6.08. The Kier molecular flexibility index (Phi) is 7.51. The van der Waals surface area contributed by atoms with E-state index in [0.717, 1.165) is 6.42 Å². The molecule has 1 aromatic rings. The van der Waals surface area contributed by atoms with Crippen LogP contribution < -0.4 is 10.1 Å². The zero-order valence-electron chi connectivity index (χ0n) is 12.1. The average molecular weight is 285 g/mol. The lowest BCUT2D eigenvalue weighted by Gasteiger charge is -2.16.